The van der Waals surface area contributed by atoms with Crippen LogP contribution in [0.4, 0.5) is 14.9 Å². The van der Waals surface area contributed by atoms with Gasteiger partial charge in [0.1, 0.15) is 17.0 Å². The Morgan fingerprint density at radius 3 is 2.56 bits per heavy atom. The molecule has 0 aliphatic rings. The predicted octanol–water partition coefficient (Wildman–Crippen LogP) is 2.88. The van der Waals surface area contributed by atoms with Crippen LogP contribution >= 0.6 is 0 Å². The van der Waals surface area contributed by atoms with E-state index >= 15 is 0 Å². The van der Waals surface area contributed by atoms with Gasteiger partial charge >= 0.3 is 6.09 Å². The first kappa shape index (κ1) is 12.3. The summed E-state index contributed by atoms with van der Waals surface area (Å²) in [4.78, 5) is 11.3. The first-order chi connectivity index (χ1) is 7.29. The third-order valence-electron chi connectivity index (χ3n) is 1.62. The minimum Gasteiger partial charge on any atom is -0.506 e. The van der Waals surface area contributed by atoms with Crippen LogP contribution in [0.15, 0.2) is 18.2 Å². The summed E-state index contributed by atoms with van der Waals surface area (Å²) >= 11 is 0. The summed E-state index contributed by atoms with van der Waals surface area (Å²) < 4.78 is 18.1. The molecule has 0 bridgehead atoms. The summed E-state index contributed by atoms with van der Waals surface area (Å²) in [6.45, 7) is 5.06. The maximum absolute atomic E-state index is 13.2. The third-order valence-corrected chi connectivity index (χ3v) is 1.62. The molecule has 4 nitrogen and oxygen atoms in total. The summed E-state index contributed by atoms with van der Waals surface area (Å²) in [6.07, 6.45) is -0.812. The number of benzene rings is 1. The number of carbonyl (C=O) groups excluding carboxylic acids is 1. The maximum atomic E-state index is 13.2. The van der Waals surface area contributed by atoms with Gasteiger partial charge in [-0.15, -0.1) is 0 Å². The zero-order chi connectivity index (χ0) is 12.3. The number of halogens is 1. The van der Waals surface area contributed by atoms with Crippen LogP contribution in [-0.4, -0.2) is 16.8 Å². The number of aromatic hydroxyl groups is 1. The van der Waals surface area contributed by atoms with Gasteiger partial charge in [-0.1, -0.05) is 6.07 Å². The number of hydrogen-bond acceptors (Lipinski definition) is 3. The molecule has 0 heterocycles. The minimum atomic E-state index is -0.812. The van der Waals surface area contributed by atoms with Gasteiger partial charge in [0.25, 0.3) is 0 Å². The second-order valence-electron chi connectivity index (χ2n) is 4.26. The molecule has 2 N–H and O–H groups in total. The number of phenolic OH excluding ortho intramolecular Hbond substituents is 1. The molecule has 0 aromatic heterocycles. The lowest BCUT2D eigenvalue weighted by Gasteiger charge is -2.20. The van der Waals surface area contributed by atoms with E-state index in [9.17, 15) is 14.3 Å². The Labute approximate surface area is 93.0 Å². The molecule has 0 saturated heterocycles. The fourth-order valence-corrected chi connectivity index (χ4v) is 1.04. The molecule has 1 aromatic carbocycles. The van der Waals surface area contributed by atoms with Crippen LogP contribution in [0.5, 0.6) is 5.75 Å². The molecule has 0 saturated carbocycles. The van der Waals surface area contributed by atoms with Crippen molar-refractivity contribution in [1.82, 2.24) is 0 Å². The number of carbonyl (C=O) groups is 1. The third kappa shape index (κ3) is 3.42. The Bertz CT molecular complexity index is 378. The van der Waals surface area contributed by atoms with Crippen LogP contribution in [0.3, 0.4) is 0 Å². The van der Waals surface area contributed by atoms with Crippen molar-refractivity contribution in [2.45, 2.75) is 26.4 Å². The molecule has 0 aliphatic carbocycles. The first-order valence-electron chi connectivity index (χ1n) is 4.77. The summed E-state index contributed by atoms with van der Waals surface area (Å²) in [5, 5.41) is 11.5. The van der Waals surface area contributed by atoms with Gasteiger partial charge < -0.3 is 9.84 Å². The fourth-order valence-electron chi connectivity index (χ4n) is 1.04. The number of hydrogen-bond donors (Lipinski definition) is 2. The average molecular weight is 227 g/mol. The minimum absolute atomic E-state index is 0.281. The lowest BCUT2D eigenvalue weighted by Crippen LogP contribution is -2.27. The molecule has 1 aromatic rings. The van der Waals surface area contributed by atoms with E-state index in [4.69, 9.17) is 4.74 Å². The molecule has 0 unspecified atom stereocenters. The molecule has 0 aliphatic heterocycles. The molecule has 0 spiro atoms. The van der Waals surface area contributed by atoms with Gasteiger partial charge in [-0.3, -0.25) is 5.32 Å². The number of amides is 1. The second-order valence-corrected chi connectivity index (χ2v) is 4.26. The van der Waals surface area contributed by atoms with E-state index in [0.29, 0.717) is 0 Å². The summed E-state index contributed by atoms with van der Waals surface area (Å²) in [5.41, 5.74) is -0.956. The van der Waals surface area contributed by atoms with E-state index in [1.807, 2.05) is 0 Å². The Kier molecular flexibility index (Phi) is 3.37. The normalized spacial score (nSPS) is 11.0. The number of phenols is 1. The van der Waals surface area contributed by atoms with Crippen LogP contribution in [0.1, 0.15) is 20.8 Å². The Morgan fingerprint density at radius 1 is 1.44 bits per heavy atom. The van der Waals surface area contributed by atoms with E-state index in [2.05, 4.69) is 5.32 Å². The molecule has 88 valence electrons. The zero-order valence-corrected chi connectivity index (χ0v) is 9.37. The summed E-state index contributed by atoms with van der Waals surface area (Å²) in [7, 11) is 0. The van der Waals surface area contributed by atoms with Gasteiger partial charge in [-0.2, -0.15) is 0 Å². The number of anilines is 1. The highest BCUT2D eigenvalue weighted by atomic mass is 19.1. The number of nitrogens with one attached hydrogen (secondary N) is 1. The number of ether oxygens (including phenoxy) is 1. The molecule has 0 fully saturated rings. The van der Waals surface area contributed by atoms with Crippen molar-refractivity contribution in [2.24, 2.45) is 0 Å². The number of rotatable bonds is 1. The van der Waals surface area contributed by atoms with Crippen LogP contribution in [-0.2, 0) is 4.74 Å². The Hall–Kier alpha value is -1.78. The molecule has 0 radical (unpaired) electrons. The largest absolute Gasteiger partial charge is 0.506 e. The SMILES string of the molecule is CC(C)(C)OC(=O)Nc1c(O)cccc1F. The van der Waals surface area contributed by atoms with Crippen molar-refractivity contribution in [2.75, 3.05) is 5.32 Å². The highest BCUT2D eigenvalue weighted by molar-refractivity contribution is 5.87. The zero-order valence-electron chi connectivity index (χ0n) is 9.37. The van der Waals surface area contributed by atoms with Crippen molar-refractivity contribution in [1.29, 1.82) is 0 Å². The molecule has 1 rings (SSSR count). The fraction of sp³-hybridized carbons (Fsp3) is 0.364. The van der Waals surface area contributed by atoms with E-state index in [1.54, 1.807) is 20.8 Å². The van der Waals surface area contributed by atoms with Crippen LogP contribution < -0.4 is 5.32 Å². The molecule has 16 heavy (non-hydrogen) atoms. The second kappa shape index (κ2) is 4.38. The smallest absolute Gasteiger partial charge is 0.412 e. The van der Waals surface area contributed by atoms with Gasteiger partial charge in [-0.05, 0) is 32.9 Å². The number of para-hydroxylation sites is 1. The lowest BCUT2D eigenvalue weighted by atomic mass is 10.2. The first-order valence-corrected chi connectivity index (χ1v) is 4.77. The highest BCUT2D eigenvalue weighted by Crippen LogP contribution is 2.26. The van der Waals surface area contributed by atoms with Crippen molar-refractivity contribution < 1.29 is 19.0 Å². The predicted molar refractivity (Wildman–Crippen MR) is 57.9 cm³/mol. The lowest BCUT2D eigenvalue weighted by molar-refractivity contribution is 0.0634. The Balaban J connectivity index is 2.78. The van der Waals surface area contributed by atoms with E-state index < -0.39 is 17.5 Å². The average Bonchev–Trinajstić information content (AvgIpc) is 2.08. The van der Waals surface area contributed by atoms with Crippen molar-refractivity contribution in [3.05, 3.63) is 24.0 Å². The Morgan fingerprint density at radius 2 is 2.06 bits per heavy atom. The van der Waals surface area contributed by atoms with E-state index in [0.717, 1.165) is 6.07 Å². The molecule has 0 atom stereocenters. The quantitative estimate of drug-likeness (QED) is 0.725. The van der Waals surface area contributed by atoms with Gasteiger partial charge in [0.15, 0.2) is 5.82 Å². The topological polar surface area (TPSA) is 58.6 Å². The molecule has 5 heteroatoms. The van der Waals surface area contributed by atoms with Crippen molar-refractivity contribution in [3.8, 4) is 5.75 Å². The van der Waals surface area contributed by atoms with Crippen molar-refractivity contribution in [3.63, 3.8) is 0 Å². The maximum Gasteiger partial charge on any atom is 0.412 e. The standard InChI is InChI=1S/C11H14FNO3/c1-11(2,3)16-10(15)13-9-7(12)5-4-6-8(9)14/h4-6,14H,1-3H3,(H,13,15). The van der Waals surface area contributed by atoms with Crippen LogP contribution in [0, 0.1) is 5.82 Å². The van der Waals surface area contributed by atoms with Gasteiger partial charge in [-0.25, -0.2) is 9.18 Å². The monoisotopic (exact) mass is 227 g/mol. The van der Waals surface area contributed by atoms with Gasteiger partial charge in [0.2, 0.25) is 0 Å². The molecular weight excluding hydrogens is 213 g/mol. The summed E-state index contributed by atoms with van der Waals surface area (Å²) in [6, 6.07) is 3.74. The van der Waals surface area contributed by atoms with Gasteiger partial charge in [0.05, 0.1) is 0 Å². The summed E-state index contributed by atoms with van der Waals surface area (Å²) in [5.74, 6) is -1.06. The molecule has 1 amide bonds. The van der Waals surface area contributed by atoms with Crippen molar-refractivity contribution >= 4 is 11.8 Å². The van der Waals surface area contributed by atoms with Gasteiger partial charge in [0, 0.05) is 0 Å². The highest BCUT2D eigenvalue weighted by Gasteiger charge is 2.18. The van der Waals surface area contributed by atoms with Crippen LogP contribution in [0.25, 0.3) is 0 Å². The van der Waals surface area contributed by atoms with E-state index in [-0.39, 0.29) is 11.4 Å². The van der Waals surface area contributed by atoms with E-state index in [1.165, 1.54) is 12.1 Å². The van der Waals surface area contributed by atoms with Crippen LogP contribution in [0.2, 0.25) is 0 Å². The molecular formula is C11H14FNO3.